The van der Waals surface area contributed by atoms with Crippen molar-refractivity contribution in [1.29, 1.82) is 0 Å². The minimum atomic E-state index is 0.176. The molecule has 2 heterocycles. The monoisotopic (exact) mass is 372 g/mol. The lowest BCUT2D eigenvalue weighted by atomic mass is 9.86. The van der Waals surface area contributed by atoms with Gasteiger partial charge in [-0.05, 0) is 55.8 Å². The van der Waals surface area contributed by atoms with E-state index in [2.05, 4.69) is 29.3 Å². The minimum Gasteiger partial charge on any atom is -0.490 e. The molecule has 1 saturated heterocycles. The summed E-state index contributed by atoms with van der Waals surface area (Å²) >= 11 is 0. The fourth-order valence-electron chi connectivity index (χ4n) is 4.75. The lowest BCUT2D eigenvalue weighted by Gasteiger charge is -2.31. The Morgan fingerprint density at radius 3 is 2.74 bits per heavy atom. The van der Waals surface area contributed by atoms with Gasteiger partial charge in [-0.3, -0.25) is 9.69 Å². The van der Waals surface area contributed by atoms with Crippen LogP contribution in [0, 0.1) is 5.92 Å². The van der Waals surface area contributed by atoms with Crippen LogP contribution in [0.4, 0.5) is 0 Å². The number of hydrogen-bond acceptors (Lipinski definition) is 4. The van der Waals surface area contributed by atoms with Crippen molar-refractivity contribution in [1.82, 2.24) is 10.2 Å². The number of likely N-dealkylation sites (tertiary alicyclic amines) is 1. The Labute approximate surface area is 162 Å². The first-order valence-corrected chi connectivity index (χ1v) is 10.6. The van der Waals surface area contributed by atoms with Gasteiger partial charge in [0.05, 0.1) is 19.8 Å². The average molecular weight is 373 g/mol. The second-order valence-corrected chi connectivity index (χ2v) is 8.32. The Morgan fingerprint density at radius 2 is 1.89 bits per heavy atom. The summed E-state index contributed by atoms with van der Waals surface area (Å²) in [5, 5.41) is 3.30. The van der Waals surface area contributed by atoms with Crippen LogP contribution in [0.3, 0.4) is 0 Å². The van der Waals surface area contributed by atoms with E-state index >= 15 is 0 Å². The van der Waals surface area contributed by atoms with Crippen LogP contribution in [-0.2, 0) is 4.79 Å². The molecule has 1 aromatic rings. The third-order valence-corrected chi connectivity index (χ3v) is 6.32. The highest BCUT2D eigenvalue weighted by molar-refractivity contribution is 5.78. The third-order valence-electron chi connectivity index (χ3n) is 6.32. The van der Waals surface area contributed by atoms with Crippen molar-refractivity contribution < 1.29 is 14.3 Å². The first-order valence-electron chi connectivity index (χ1n) is 10.6. The lowest BCUT2D eigenvalue weighted by Crippen LogP contribution is -2.45. The molecular formula is C22H32N2O3. The minimum absolute atomic E-state index is 0.176. The molecule has 1 aliphatic carbocycles. The van der Waals surface area contributed by atoms with E-state index in [1.54, 1.807) is 0 Å². The fourth-order valence-corrected chi connectivity index (χ4v) is 4.75. The zero-order valence-corrected chi connectivity index (χ0v) is 16.4. The molecule has 2 aliphatic heterocycles. The maximum Gasteiger partial charge on any atom is 0.234 e. The van der Waals surface area contributed by atoms with Gasteiger partial charge in [0.15, 0.2) is 11.5 Å². The number of carbonyl (C=O) groups is 1. The highest BCUT2D eigenvalue weighted by Gasteiger charge is 2.30. The summed E-state index contributed by atoms with van der Waals surface area (Å²) in [5.74, 6) is 2.45. The average Bonchev–Trinajstić information content (AvgIpc) is 2.99. The molecule has 0 unspecified atom stereocenters. The van der Waals surface area contributed by atoms with Gasteiger partial charge in [0.2, 0.25) is 5.91 Å². The maximum atomic E-state index is 12.7. The Balaban J connectivity index is 1.40. The molecule has 0 bridgehead atoms. The Morgan fingerprint density at radius 1 is 1.07 bits per heavy atom. The molecule has 5 nitrogen and oxygen atoms in total. The normalized spacial score (nSPS) is 28.6. The van der Waals surface area contributed by atoms with Crippen LogP contribution in [0.5, 0.6) is 11.5 Å². The molecule has 27 heavy (non-hydrogen) atoms. The summed E-state index contributed by atoms with van der Waals surface area (Å²) in [5.41, 5.74) is 1.23. The molecule has 1 aromatic carbocycles. The SMILES string of the molecule is C[C@H]1CCCC[C@@H]1NC(=O)CN1CCC[C@@H]1c1ccc2c(c1)OCCCO2. The van der Waals surface area contributed by atoms with Gasteiger partial charge in [-0.2, -0.15) is 0 Å². The molecular weight excluding hydrogens is 340 g/mol. The molecule has 2 fully saturated rings. The molecule has 5 heteroatoms. The van der Waals surface area contributed by atoms with Gasteiger partial charge in [-0.15, -0.1) is 0 Å². The number of benzene rings is 1. The molecule has 4 rings (SSSR count). The predicted molar refractivity (Wildman–Crippen MR) is 105 cm³/mol. The Hall–Kier alpha value is -1.75. The molecule has 148 valence electrons. The van der Waals surface area contributed by atoms with Crippen LogP contribution >= 0.6 is 0 Å². The Kier molecular flexibility index (Phi) is 5.86. The van der Waals surface area contributed by atoms with Gasteiger partial charge in [0, 0.05) is 18.5 Å². The van der Waals surface area contributed by atoms with Crippen LogP contribution in [0.2, 0.25) is 0 Å². The first-order chi connectivity index (χ1) is 13.2. The van der Waals surface area contributed by atoms with Crippen LogP contribution in [0.15, 0.2) is 18.2 Å². The summed E-state index contributed by atoms with van der Waals surface area (Å²) in [6, 6.07) is 6.92. The quantitative estimate of drug-likeness (QED) is 0.876. The van der Waals surface area contributed by atoms with Gasteiger partial charge in [-0.1, -0.05) is 25.8 Å². The summed E-state index contributed by atoms with van der Waals surface area (Å²) < 4.78 is 11.6. The standard InChI is InChI=1S/C22H32N2O3/c1-16-6-2-3-7-18(16)23-22(25)15-24-11-4-8-19(24)17-9-10-20-21(14-17)27-13-5-12-26-20/h9-10,14,16,18-19H,2-8,11-13,15H2,1H3,(H,23,25)/t16-,18-,19+/m0/s1. The number of amides is 1. The number of nitrogens with zero attached hydrogens (tertiary/aromatic N) is 1. The molecule has 1 N–H and O–H groups in total. The van der Waals surface area contributed by atoms with Crippen molar-refractivity contribution in [2.24, 2.45) is 5.92 Å². The van der Waals surface area contributed by atoms with E-state index in [0.717, 1.165) is 43.7 Å². The molecule has 0 radical (unpaired) electrons. The van der Waals surface area contributed by atoms with E-state index < -0.39 is 0 Å². The van der Waals surface area contributed by atoms with Crippen molar-refractivity contribution in [3.8, 4) is 11.5 Å². The van der Waals surface area contributed by atoms with E-state index in [1.807, 2.05) is 6.07 Å². The molecule has 1 saturated carbocycles. The topological polar surface area (TPSA) is 50.8 Å². The highest BCUT2D eigenvalue weighted by atomic mass is 16.5. The van der Waals surface area contributed by atoms with Crippen molar-refractivity contribution >= 4 is 5.91 Å². The predicted octanol–water partition coefficient (Wildman–Crippen LogP) is 3.68. The second-order valence-electron chi connectivity index (χ2n) is 8.32. The number of hydrogen-bond donors (Lipinski definition) is 1. The largest absolute Gasteiger partial charge is 0.490 e. The van der Waals surface area contributed by atoms with Crippen LogP contribution in [0.25, 0.3) is 0 Å². The first kappa shape index (κ1) is 18.6. The Bertz CT molecular complexity index is 663. The van der Waals surface area contributed by atoms with Crippen molar-refractivity contribution in [2.45, 2.75) is 64.0 Å². The van der Waals surface area contributed by atoms with E-state index in [4.69, 9.17) is 9.47 Å². The molecule has 3 aliphatic rings. The zero-order valence-electron chi connectivity index (χ0n) is 16.4. The van der Waals surface area contributed by atoms with Gasteiger partial charge in [0.1, 0.15) is 0 Å². The molecule has 0 aromatic heterocycles. The lowest BCUT2D eigenvalue weighted by molar-refractivity contribution is -0.123. The zero-order chi connectivity index (χ0) is 18.6. The summed E-state index contributed by atoms with van der Waals surface area (Å²) in [6.45, 7) is 5.14. The number of nitrogens with one attached hydrogen (secondary N) is 1. The third kappa shape index (κ3) is 4.40. The number of fused-ring (bicyclic) bond motifs is 1. The summed E-state index contributed by atoms with van der Waals surface area (Å²) in [7, 11) is 0. The number of ether oxygens (including phenoxy) is 2. The van der Waals surface area contributed by atoms with E-state index in [1.165, 1.54) is 24.8 Å². The van der Waals surface area contributed by atoms with Crippen LogP contribution in [-0.4, -0.2) is 43.2 Å². The van der Waals surface area contributed by atoms with Crippen LogP contribution in [0.1, 0.15) is 63.5 Å². The number of carbonyl (C=O) groups excluding carboxylic acids is 1. The van der Waals surface area contributed by atoms with E-state index in [9.17, 15) is 4.79 Å². The van der Waals surface area contributed by atoms with Gasteiger partial charge < -0.3 is 14.8 Å². The molecule has 3 atom stereocenters. The molecule has 0 spiro atoms. The van der Waals surface area contributed by atoms with Crippen molar-refractivity contribution in [2.75, 3.05) is 26.3 Å². The number of rotatable bonds is 4. The fraction of sp³-hybridized carbons (Fsp3) is 0.682. The summed E-state index contributed by atoms with van der Waals surface area (Å²) in [4.78, 5) is 15.0. The van der Waals surface area contributed by atoms with Crippen molar-refractivity contribution in [3.05, 3.63) is 23.8 Å². The van der Waals surface area contributed by atoms with Crippen molar-refractivity contribution in [3.63, 3.8) is 0 Å². The smallest absolute Gasteiger partial charge is 0.234 e. The summed E-state index contributed by atoms with van der Waals surface area (Å²) in [6.07, 6.45) is 8.02. The van der Waals surface area contributed by atoms with E-state index in [0.29, 0.717) is 31.7 Å². The van der Waals surface area contributed by atoms with Crippen LogP contribution < -0.4 is 14.8 Å². The van der Waals surface area contributed by atoms with E-state index in [-0.39, 0.29) is 11.9 Å². The highest BCUT2D eigenvalue weighted by Crippen LogP contribution is 2.37. The maximum absolute atomic E-state index is 12.7. The van der Waals surface area contributed by atoms with Gasteiger partial charge in [0.25, 0.3) is 0 Å². The second kappa shape index (κ2) is 8.51. The van der Waals surface area contributed by atoms with Gasteiger partial charge >= 0.3 is 0 Å². The molecule has 1 amide bonds. The van der Waals surface area contributed by atoms with Gasteiger partial charge in [-0.25, -0.2) is 0 Å².